The van der Waals surface area contributed by atoms with Crippen LogP contribution in [0.15, 0.2) is 28.4 Å². The fraction of sp³-hybridized carbons (Fsp3) is 0.812. The van der Waals surface area contributed by atoms with Gasteiger partial charge in [0.2, 0.25) is 0 Å². The van der Waals surface area contributed by atoms with Crippen molar-refractivity contribution in [3.05, 3.63) is 23.4 Å². The summed E-state index contributed by atoms with van der Waals surface area (Å²) in [7, 11) is 1.66. The van der Waals surface area contributed by atoms with Crippen molar-refractivity contribution < 1.29 is 35.1 Å². The lowest BCUT2D eigenvalue weighted by Gasteiger charge is -2.61. The van der Waals surface area contributed by atoms with Crippen molar-refractivity contribution in [2.45, 2.75) is 82.5 Å². The number of allylic oxidation sites excluding steroid dienone is 1. The zero-order chi connectivity index (χ0) is 31.0. The third kappa shape index (κ3) is 5.33. The zero-order valence-electron chi connectivity index (χ0n) is 25.7. The first kappa shape index (κ1) is 32.4. The van der Waals surface area contributed by atoms with Crippen LogP contribution in [-0.4, -0.2) is 107 Å². The van der Waals surface area contributed by atoms with Gasteiger partial charge in [-0.3, -0.25) is 4.99 Å². The Labute approximate surface area is 254 Å². The molecule has 1 heterocycles. The van der Waals surface area contributed by atoms with Crippen molar-refractivity contribution in [2.75, 3.05) is 46.5 Å². The summed E-state index contributed by atoms with van der Waals surface area (Å²) in [6.45, 7) is 3.88. The summed E-state index contributed by atoms with van der Waals surface area (Å²) in [5.74, 6) is -0.196. The Morgan fingerprint density at radius 1 is 1.23 bits per heavy atom. The van der Waals surface area contributed by atoms with Crippen LogP contribution in [0, 0.1) is 34.5 Å². The van der Waals surface area contributed by atoms with Gasteiger partial charge in [-0.1, -0.05) is 13.0 Å². The number of hydrogen-bond acceptors (Lipinski definition) is 8. The van der Waals surface area contributed by atoms with Crippen LogP contribution in [0.5, 0.6) is 0 Å². The standard InChI is InChI=1S/C32H52N4O7/c1-20-5-7-22-14-25-27(28(40)41)30(42,19-43-24-8-6-21(4-3-12-37)26(39)15-24)17-31(20,25)32(22)18-36(29(33)34-2)11-9-23(32)16-35-10-13-38/h9,11,20-24,26,35,37-39,42H,3-8,10,12-19H2,1-2H3,(H2,33,34)(H,40,41). The molecule has 242 valence electrons. The Hall–Kier alpha value is -2.02. The van der Waals surface area contributed by atoms with Gasteiger partial charge in [0.25, 0.3) is 0 Å². The molecular formula is C32H52N4O7. The van der Waals surface area contributed by atoms with Crippen molar-refractivity contribution in [3.63, 3.8) is 0 Å². The van der Waals surface area contributed by atoms with Crippen LogP contribution in [-0.2, 0) is 9.53 Å². The lowest BCUT2D eigenvalue weighted by molar-refractivity contribution is -0.145. The normalized spacial score (nSPS) is 40.9. The van der Waals surface area contributed by atoms with Crippen LogP contribution in [0.4, 0.5) is 0 Å². The second-order valence-corrected chi connectivity index (χ2v) is 13.8. The van der Waals surface area contributed by atoms with E-state index in [9.17, 15) is 30.3 Å². The van der Waals surface area contributed by atoms with Crippen molar-refractivity contribution in [1.29, 1.82) is 0 Å². The lowest BCUT2D eigenvalue weighted by Crippen LogP contribution is -2.62. The number of guanidine groups is 1. The number of hydrogen-bond donors (Lipinski definition) is 7. The minimum Gasteiger partial charge on any atom is -0.478 e. The van der Waals surface area contributed by atoms with Gasteiger partial charge in [-0.05, 0) is 87.0 Å². The Morgan fingerprint density at radius 3 is 2.70 bits per heavy atom. The van der Waals surface area contributed by atoms with Gasteiger partial charge in [0, 0.05) is 50.3 Å². The Kier molecular flexibility index (Phi) is 9.61. The number of nitrogens with two attached hydrogens (primary N) is 1. The first-order valence-electron chi connectivity index (χ1n) is 16.2. The number of carboxylic acid groups (broad SMARTS) is 1. The quantitative estimate of drug-likeness (QED) is 0.103. The molecular weight excluding hydrogens is 552 g/mol. The van der Waals surface area contributed by atoms with Crippen LogP contribution in [0.3, 0.4) is 0 Å². The average molecular weight is 605 g/mol. The van der Waals surface area contributed by atoms with E-state index in [1.54, 1.807) is 7.05 Å². The third-order valence-corrected chi connectivity index (χ3v) is 11.9. The Bertz CT molecular complexity index is 1130. The highest BCUT2D eigenvalue weighted by Gasteiger charge is 2.75. The molecule has 0 aromatic carbocycles. The van der Waals surface area contributed by atoms with Gasteiger partial charge >= 0.3 is 5.97 Å². The van der Waals surface area contributed by atoms with Gasteiger partial charge < -0.3 is 46.2 Å². The second-order valence-electron chi connectivity index (χ2n) is 13.8. The molecule has 4 aliphatic carbocycles. The number of aliphatic imine (C=N–C) groups is 1. The highest BCUT2D eigenvalue weighted by Crippen LogP contribution is 2.77. The van der Waals surface area contributed by atoms with E-state index in [2.05, 4.69) is 23.3 Å². The number of aliphatic carboxylic acids is 1. The first-order valence-corrected chi connectivity index (χ1v) is 16.2. The molecule has 8 N–H and O–H groups in total. The fourth-order valence-electron chi connectivity index (χ4n) is 10.00. The van der Waals surface area contributed by atoms with Crippen LogP contribution in [0.1, 0.15) is 64.7 Å². The van der Waals surface area contributed by atoms with Gasteiger partial charge in [0.05, 0.1) is 31.0 Å². The van der Waals surface area contributed by atoms with Crippen molar-refractivity contribution >= 4 is 11.9 Å². The van der Waals surface area contributed by atoms with Gasteiger partial charge in [-0.2, -0.15) is 0 Å². The largest absolute Gasteiger partial charge is 0.478 e. The van der Waals surface area contributed by atoms with Gasteiger partial charge in [-0.25, -0.2) is 4.79 Å². The summed E-state index contributed by atoms with van der Waals surface area (Å²) in [6, 6.07) is 0. The number of nitrogens with one attached hydrogen (secondary N) is 1. The monoisotopic (exact) mass is 604 g/mol. The molecule has 5 rings (SSSR count). The van der Waals surface area contributed by atoms with Crippen molar-refractivity contribution in [2.24, 2.45) is 45.2 Å². The Morgan fingerprint density at radius 2 is 2.02 bits per heavy atom. The van der Waals surface area contributed by atoms with E-state index in [0.29, 0.717) is 44.9 Å². The van der Waals surface area contributed by atoms with Crippen LogP contribution in [0.25, 0.3) is 0 Å². The molecule has 9 unspecified atom stereocenters. The molecule has 1 aliphatic heterocycles. The summed E-state index contributed by atoms with van der Waals surface area (Å²) >= 11 is 0. The molecule has 11 nitrogen and oxygen atoms in total. The number of rotatable bonds is 11. The van der Waals surface area contributed by atoms with E-state index in [4.69, 9.17) is 10.5 Å². The molecule has 5 aliphatic rings. The highest BCUT2D eigenvalue weighted by atomic mass is 16.5. The fourth-order valence-corrected chi connectivity index (χ4v) is 10.00. The first-order chi connectivity index (χ1) is 20.6. The predicted molar refractivity (Wildman–Crippen MR) is 162 cm³/mol. The van der Waals surface area contributed by atoms with Crippen molar-refractivity contribution in [3.8, 4) is 0 Å². The summed E-state index contributed by atoms with van der Waals surface area (Å²) < 4.78 is 6.31. The molecule has 0 radical (unpaired) electrons. The molecule has 0 amide bonds. The van der Waals surface area contributed by atoms with E-state index in [-0.39, 0.29) is 61.6 Å². The smallest absolute Gasteiger partial charge is 0.334 e. The number of carbonyl (C=O) groups is 1. The van der Waals surface area contributed by atoms with E-state index >= 15 is 0 Å². The van der Waals surface area contributed by atoms with Crippen LogP contribution in [0.2, 0.25) is 0 Å². The van der Waals surface area contributed by atoms with Gasteiger partial charge in [0.15, 0.2) is 5.96 Å². The van der Waals surface area contributed by atoms with E-state index < -0.39 is 28.5 Å². The number of ether oxygens (including phenoxy) is 1. The SMILES string of the molecule is CN=C(N)N1C=CC(CNCCO)C2(C1)C1CCC(C)C23CC(O)(COC2CCC(CCCO)C(O)C2)C(C(=O)O)=C3C1. The predicted octanol–water partition coefficient (Wildman–Crippen LogP) is 1.22. The number of carboxylic acids is 1. The number of aliphatic hydroxyl groups excluding tert-OH is 3. The van der Waals surface area contributed by atoms with Gasteiger partial charge in [-0.15, -0.1) is 0 Å². The molecule has 11 heteroatoms. The summed E-state index contributed by atoms with van der Waals surface area (Å²) in [5.41, 5.74) is 4.68. The molecule has 3 saturated carbocycles. The van der Waals surface area contributed by atoms with E-state index in [1.165, 1.54) is 0 Å². The lowest BCUT2D eigenvalue weighted by atomic mass is 9.46. The maximum absolute atomic E-state index is 13.0. The van der Waals surface area contributed by atoms with E-state index in [1.807, 2.05) is 11.1 Å². The van der Waals surface area contributed by atoms with Gasteiger partial charge in [0.1, 0.15) is 5.60 Å². The molecule has 0 saturated heterocycles. The summed E-state index contributed by atoms with van der Waals surface area (Å²) in [5, 5.41) is 55.8. The van der Waals surface area contributed by atoms with Crippen LogP contribution >= 0.6 is 0 Å². The number of nitrogens with zero attached hydrogens (tertiary/aromatic N) is 2. The third-order valence-electron chi connectivity index (χ3n) is 11.9. The second kappa shape index (κ2) is 12.8. The average Bonchev–Trinajstić information content (AvgIpc) is 3.33. The Balaban J connectivity index is 1.49. The molecule has 0 aromatic heterocycles. The maximum atomic E-state index is 13.0. The molecule has 2 spiro atoms. The molecule has 0 aromatic rings. The maximum Gasteiger partial charge on any atom is 0.334 e. The molecule has 3 fully saturated rings. The molecule has 9 atom stereocenters. The van der Waals surface area contributed by atoms with E-state index in [0.717, 1.165) is 37.7 Å². The number of aliphatic hydroxyl groups is 4. The minimum atomic E-state index is -1.66. The van der Waals surface area contributed by atoms with Crippen molar-refractivity contribution in [1.82, 2.24) is 10.2 Å². The van der Waals surface area contributed by atoms with Crippen LogP contribution < -0.4 is 11.1 Å². The minimum absolute atomic E-state index is 0.0272. The molecule has 2 bridgehead atoms. The summed E-state index contributed by atoms with van der Waals surface area (Å²) in [6.07, 6.45) is 9.48. The topological polar surface area (TPSA) is 181 Å². The molecule has 43 heavy (non-hydrogen) atoms. The summed E-state index contributed by atoms with van der Waals surface area (Å²) in [4.78, 5) is 19.3. The highest BCUT2D eigenvalue weighted by molar-refractivity contribution is 5.92. The zero-order valence-corrected chi connectivity index (χ0v) is 25.7.